The number of carbonyl (C=O) groups is 4. The molecule has 1 unspecified atom stereocenters. The number of aromatic hydroxyl groups is 1. The quantitative estimate of drug-likeness (QED) is 0.135. The summed E-state index contributed by atoms with van der Waals surface area (Å²) in [4.78, 5) is 56.0. The van der Waals surface area contributed by atoms with Crippen LogP contribution < -0.4 is 20.3 Å². The largest absolute Gasteiger partial charge is 0.508 e. The molecule has 11 nitrogen and oxygen atoms in total. The zero-order chi connectivity index (χ0) is 37.2. The lowest BCUT2D eigenvalue weighted by Crippen LogP contribution is -2.54. The summed E-state index contributed by atoms with van der Waals surface area (Å²) >= 11 is 0. The number of hydrogen-bond donors (Lipinski definition) is 3. The van der Waals surface area contributed by atoms with Gasteiger partial charge in [0.2, 0.25) is 11.8 Å². The van der Waals surface area contributed by atoms with Crippen LogP contribution in [0.2, 0.25) is 0 Å². The summed E-state index contributed by atoms with van der Waals surface area (Å²) in [5.41, 5.74) is 6.16. The molecule has 11 heteroatoms. The van der Waals surface area contributed by atoms with Gasteiger partial charge in [-0.25, -0.2) is 0 Å². The van der Waals surface area contributed by atoms with Crippen LogP contribution in [0.4, 0.5) is 11.4 Å². The van der Waals surface area contributed by atoms with E-state index in [9.17, 15) is 24.3 Å². The summed E-state index contributed by atoms with van der Waals surface area (Å²) < 4.78 is 6.15. The number of nitrogens with zero attached hydrogens (tertiary/aromatic N) is 3. The molecule has 8 rings (SSSR count). The average Bonchev–Trinajstić information content (AvgIpc) is 3.44. The Bertz CT molecular complexity index is 2050. The van der Waals surface area contributed by atoms with Crippen molar-refractivity contribution in [1.82, 2.24) is 15.1 Å². The zero-order valence-electron chi connectivity index (χ0n) is 30.2. The molecule has 4 aliphatic heterocycles. The number of nitrogens with one attached hydrogen (secondary N) is 2. The minimum atomic E-state index is -0.963. The average molecular weight is 728 g/mol. The van der Waals surface area contributed by atoms with Crippen LogP contribution in [0.5, 0.6) is 11.5 Å². The number of ether oxygens (including phenoxy) is 1. The fourth-order valence-electron chi connectivity index (χ4n) is 8.37. The number of benzene rings is 4. The van der Waals surface area contributed by atoms with E-state index in [-0.39, 0.29) is 47.5 Å². The van der Waals surface area contributed by atoms with E-state index in [1.807, 2.05) is 12.1 Å². The topological polar surface area (TPSA) is 132 Å². The van der Waals surface area contributed by atoms with Crippen LogP contribution in [0.15, 0.2) is 91.0 Å². The fourth-order valence-corrected chi connectivity index (χ4v) is 8.37. The molecule has 54 heavy (non-hydrogen) atoms. The van der Waals surface area contributed by atoms with E-state index in [1.54, 1.807) is 30.3 Å². The second-order valence-electron chi connectivity index (χ2n) is 14.6. The highest BCUT2D eigenvalue weighted by Gasteiger charge is 2.44. The van der Waals surface area contributed by atoms with Crippen LogP contribution >= 0.6 is 0 Å². The van der Waals surface area contributed by atoms with Crippen molar-refractivity contribution in [3.63, 3.8) is 0 Å². The summed E-state index contributed by atoms with van der Waals surface area (Å²) in [5, 5.41) is 15.7. The van der Waals surface area contributed by atoms with Crippen LogP contribution in [0.25, 0.3) is 0 Å². The van der Waals surface area contributed by atoms with E-state index in [2.05, 4.69) is 69.0 Å². The minimum absolute atomic E-state index is 0.0974. The van der Waals surface area contributed by atoms with E-state index >= 15 is 0 Å². The number of unbranched alkanes of at least 4 members (excludes halogenated alkanes) is 2. The van der Waals surface area contributed by atoms with Crippen molar-refractivity contribution in [3.8, 4) is 11.5 Å². The molecule has 4 heterocycles. The summed E-state index contributed by atoms with van der Waals surface area (Å²) in [5.74, 6) is -0.722. The van der Waals surface area contributed by atoms with Crippen LogP contribution in [-0.2, 0) is 9.59 Å². The summed E-state index contributed by atoms with van der Waals surface area (Å²) in [7, 11) is 0. The second kappa shape index (κ2) is 15.4. The van der Waals surface area contributed by atoms with Crippen molar-refractivity contribution in [3.05, 3.63) is 119 Å². The van der Waals surface area contributed by atoms with E-state index in [4.69, 9.17) is 4.74 Å². The SMILES string of the molecule is O=C1CCC(N2C(=O)c3ccc(NCCCCCN4CCN(c5ccc([C@H]6c7ccc(O)cc7OC[C@H]6c6ccccc6)cc5)CC4)cc3C2=O)C(=O)N1. The standard InChI is InChI=1S/C43H45N5O6/c49-32-14-16-34-38(26-32)54-27-36(28-7-3-1-4-8-28)40(34)29-9-12-31(13-10-29)47-23-21-46(22-24-47)20-6-2-5-19-44-30-11-15-33-35(25-30)43(53)48(42(33)52)37-17-18-39(50)45-41(37)51/h1,3-4,7-16,25-26,36-37,40,44,49H,2,5-6,17-24,27H2,(H,45,50,51)/t36-,37?,40-/m0/s1. The van der Waals surface area contributed by atoms with Gasteiger partial charge in [-0.05, 0) is 73.3 Å². The third kappa shape index (κ3) is 7.15. The second-order valence-corrected chi connectivity index (χ2v) is 14.6. The van der Waals surface area contributed by atoms with Crippen LogP contribution in [0.1, 0.15) is 81.3 Å². The number of carbonyl (C=O) groups excluding carboxylic acids is 4. The Morgan fingerprint density at radius 2 is 1.56 bits per heavy atom. The number of piperazine rings is 1. The van der Waals surface area contributed by atoms with Gasteiger partial charge in [-0.2, -0.15) is 0 Å². The maximum Gasteiger partial charge on any atom is 0.262 e. The van der Waals surface area contributed by atoms with Crippen molar-refractivity contribution >= 4 is 35.0 Å². The highest BCUT2D eigenvalue weighted by molar-refractivity contribution is 6.23. The van der Waals surface area contributed by atoms with Gasteiger partial charge in [0, 0.05) is 74.0 Å². The molecule has 2 saturated heterocycles. The number of amides is 4. The molecular weight excluding hydrogens is 683 g/mol. The van der Waals surface area contributed by atoms with Gasteiger partial charge in [-0.1, -0.05) is 55.0 Å². The van der Waals surface area contributed by atoms with Gasteiger partial charge in [0.15, 0.2) is 0 Å². The Morgan fingerprint density at radius 1 is 0.778 bits per heavy atom. The molecule has 0 radical (unpaired) electrons. The van der Waals surface area contributed by atoms with Gasteiger partial charge in [0.1, 0.15) is 17.5 Å². The predicted octanol–water partition coefficient (Wildman–Crippen LogP) is 5.51. The normalized spacial score (nSPS) is 21.4. The van der Waals surface area contributed by atoms with E-state index < -0.39 is 23.8 Å². The van der Waals surface area contributed by atoms with Gasteiger partial charge in [-0.3, -0.25) is 34.3 Å². The Hall–Kier alpha value is -5.68. The minimum Gasteiger partial charge on any atom is -0.508 e. The molecule has 0 spiro atoms. The number of piperidine rings is 1. The highest BCUT2D eigenvalue weighted by Crippen LogP contribution is 2.47. The number of hydrogen-bond acceptors (Lipinski definition) is 9. The predicted molar refractivity (Wildman–Crippen MR) is 205 cm³/mol. The molecule has 3 atom stereocenters. The van der Waals surface area contributed by atoms with Gasteiger partial charge in [0.25, 0.3) is 11.8 Å². The molecular formula is C43H45N5O6. The Labute approximate surface area is 314 Å². The first kappa shape index (κ1) is 35.4. The number of phenolic OH excluding ortho intramolecular Hbond substituents is 1. The van der Waals surface area contributed by atoms with Crippen molar-refractivity contribution in [2.45, 2.75) is 50.0 Å². The Balaban J connectivity index is 0.788. The number of phenols is 1. The monoisotopic (exact) mass is 727 g/mol. The molecule has 4 amide bonds. The van der Waals surface area contributed by atoms with Gasteiger partial charge < -0.3 is 20.1 Å². The van der Waals surface area contributed by atoms with Crippen molar-refractivity contribution in [2.24, 2.45) is 0 Å². The molecule has 2 fully saturated rings. The summed E-state index contributed by atoms with van der Waals surface area (Å²) in [6, 6.07) is 29.2. The van der Waals surface area contributed by atoms with Crippen molar-refractivity contribution in [2.75, 3.05) is 56.1 Å². The first-order chi connectivity index (χ1) is 26.3. The van der Waals surface area contributed by atoms with Gasteiger partial charge in [0.05, 0.1) is 17.7 Å². The van der Waals surface area contributed by atoms with Crippen molar-refractivity contribution < 1.29 is 29.0 Å². The first-order valence-electron chi connectivity index (χ1n) is 19.0. The van der Waals surface area contributed by atoms with Gasteiger partial charge in [-0.15, -0.1) is 0 Å². The molecule has 0 bridgehead atoms. The number of fused-ring (bicyclic) bond motifs is 2. The third-order valence-corrected chi connectivity index (χ3v) is 11.3. The molecule has 278 valence electrons. The van der Waals surface area contributed by atoms with Crippen LogP contribution in [0.3, 0.4) is 0 Å². The molecule has 0 aromatic heterocycles. The smallest absolute Gasteiger partial charge is 0.262 e. The molecule has 0 saturated carbocycles. The molecule has 0 aliphatic carbocycles. The molecule has 4 aliphatic rings. The summed E-state index contributed by atoms with van der Waals surface area (Å²) in [6.07, 6.45) is 3.38. The van der Waals surface area contributed by atoms with E-state index in [0.717, 1.165) is 80.4 Å². The number of imide groups is 2. The summed E-state index contributed by atoms with van der Waals surface area (Å²) in [6.45, 7) is 6.35. The van der Waals surface area contributed by atoms with E-state index in [1.165, 1.54) is 16.8 Å². The molecule has 3 N–H and O–H groups in total. The lowest BCUT2D eigenvalue weighted by atomic mass is 9.76. The first-order valence-corrected chi connectivity index (χ1v) is 19.0. The van der Waals surface area contributed by atoms with Gasteiger partial charge >= 0.3 is 0 Å². The highest BCUT2D eigenvalue weighted by atomic mass is 16.5. The lowest BCUT2D eigenvalue weighted by molar-refractivity contribution is -0.136. The van der Waals surface area contributed by atoms with Crippen LogP contribution in [0, 0.1) is 0 Å². The lowest BCUT2D eigenvalue weighted by Gasteiger charge is -2.37. The Morgan fingerprint density at radius 3 is 2.33 bits per heavy atom. The molecule has 4 aromatic rings. The maximum absolute atomic E-state index is 13.1. The Kier molecular flexibility index (Phi) is 10.1. The van der Waals surface area contributed by atoms with Crippen molar-refractivity contribution in [1.29, 1.82) is 0 Å². The zero-order valence-corrected chi connectivity index (χ0v) is 30.2. The van der Waals surface area contributed by atoms with E-state index in [0.29, 0.717) is 6.61 Å². The number of anilines is 2. The maximum atomic E-state index is 13.1. The fraction of sp³-hybridized carbons (Fsp3) is 0.349. The third-order valence-electron chi connectivity index (χ3n) is 11.3. The molecule has 4 aromatic carbocycles. The van der Waals surface area contributed by atoms with Crippen LogP contribution in [-0.4, -0.2) is 90.5 Å². The number of rotatable bonds is 11.